The Bertz CT molecular complexity index is 1300. The SMILES string of the molecule is O=C1NC(=O)c2c1c1c(c3ccc4c(c23)CC=NC=4)NC2C=CC=CC=12. The molecule has 0 fully saturated rings. The third-order valence-electron chi connectivity index (χ3n) is 5.53. The van der Waals surface area contributed by atoms with Crippen LogP contribution in [0.4, 0.5) is 5.69 Å². The fourth-order valence-corrected chi connectivity index (χ4v) is 4.47. The van der Waals surface area contributed by atoms with Crippen molar-refractivity contribution in [3.63, 3.8) is 0 Å². The average molecular weight is 339 g/mol. The molecule has 0 spiro atoms. The number of amides is 2. The second-order valence-electron chi connectivity index (χ2n) is 6.83. The third kappa shape index (κ3) is 1.53. The van der Waals surface area contributed by atoms with Crippen LogP contribution in [0.15, 0.2) is 41.4 Å². The second kappa shape index (κ2) is 4.58. The molecule has 2 N–H and O–H groups in total. The minimum Gasteiger partial charge on any atom is -0.374 e. The van der Waals surface area contributed by atoms with E-state index in [-0.39, 0.29) is 17.9 Å². The van der Waals surface area contributed by atoms with Crippen molar-refractivity contribution in [3.8, 4) is 0 Å². The first-order valence-corrected chi connectivity index (χ1v) is 8.59. The van der Waals surface area contributed by atoms with Gasteiger partial charge in [-0.05, 0) is 16.4 Å². The van der Waals surface area contributed by atoms with Gasteiger partial charge in [-0.15, -0.1) is 0 Å². The highest BCUT2D eigenvalue weighted by Crippen LogP contribution is 2.35. The number of nitrogens with zero attached hydrogens (tertiary/aromatic N) is 1. The first kappa shape index (κ1) is 13.8. The Labute approximate surface area is 148 Å². The van der Waals surface area contributed by atoms with Crippen LogP contribution in [0.1, 0.15) is 26.3 Å². The van der Waals surface area contributed by atoms with E-state index in [1.165, 1.54) is 0 Å². The number of fused-ring (bicyclic) bond motifs is 9. The molecule has 0 radical (unpaired) electrons. The standard InChI is InChI=1S/C21H13N3O2/c25-20-17-15-11-7-8-22-9-10(11)5-6-13(15)19-16(18(17)21(26)24-20)12-3-1-2-4-14(12)23-19/h1-6,8-9,14,23H,7H2,(H,24,25,26). The average Bonchev–Trinajstić information content (AvgIpc) is 3.19. The van der Waals surface area contributed by atoms with E-state index < -0.39 is 0 Å². The van der Waals surface area contributed by atoms with E-state index in [0.717, 1.165) is 38.0 Å². The summed E-state index contributed by atoms with van der Waals surface area (Å²) in [5.74, 6) is -0.625. The molecule has 0 bridgehead atoms. The molecule has 5 heteroatoms. The molecule has 5 nitrogen and oxygen atoms in total. The summed E-state index contributed by atoms with van der Waals surface area (Å²) in [5.41, 5.74) is 4.02. The second-order valence-corrected chi connectivity index (χ2v) is 6.83. The number of benzene rings is 2. The molecular weight excluding hydrogens is 326 g/mol. The summed E-state index contributed by atoms with van der Waals surface area (Å²) >= 11 is 0. The zero-order chi connectivity index (χ0) is 17.4. The predicted molar refractivity (Wildman–Crippen MR) is 101 cm³/mol. The molecule has 124 valence electrons. The molecule has 0 saturated heterocycles. The maximum Gasteiger partial charge on any atom is 0.259 e. The number of carbonyl (C=O) groups is 2. The summed E-state index contributed by atoms with van der Waals surface area (Å²) in [7, 11) is 0. The maximum absolute atomic E-state index is 12.7. The van der Waals surface area contributed by atoms with E-state index in [1.54, 1.807) is 6.20 Å². The van der Waals surface area contributed by atoms with E-state index in [4.69, 9.17) is 0 Å². The van der Waals surface area contributed by atoms with Crippen molar-refractivity contribution >= 4 is 46.3 Å². The summed E-state index contributed by atoms with van der Waals surface area (Å²) < 4.78 is 0. The van der Waals surface area contributed by atoms with Crippen LogP contribution >= 0.6 is 0 Å². The van der Waals surface area contributed by atoms with Crippen LogP contribution in [0.2, 0.25) is 0 Å². The number of hydrogen-bond acceptors (Lipinski definition) is 4. The molecule has 0 saturated carbocycles. The molecule has 3 heterocycles. The monoisotopic (exact) mass is 339 g/mol. The van der Waals surface area contributed by atoms with Crippen molar-refractivity contribution < 1.29 is 9.59 Å². The van der Waals surface area contributed by atoms with Crippen molar-refractivity contribution in [2.45, 2.75) is 12.5 Å². The Hall–Kier alpha value is -3.47. The van der Waals surface area contributed by atoms with Gasteiger partial charge >= 0.3 is 0 Å². The fraction of sp³-hybridized carbons (Fsp3) is 0.0952. The number of allylic oxidation sites excluding steroid dienone is 2. The van der Waals surface area contributed by atoms with Crippen molar-refractivity contribution in [2.24, 2.45) is 4.99 Å². The Kier molecular flexibility index (Phi) is 2.43. The molecule has 2 aromatic rings. The highest BCUT2D eigenvalue weighted by Gasteiger charge is 2.37. The van der Waals surface area contributed by atoms with Crippen molar-refractivity contribution in [2.75, 3.05) is 5.32 Å². The summed E-state index contributed by atoms with van der Waals surface area (Å²) in [5, 5.41) is 9.74. The zero-order valence-electron chi connectivity index (χ0n) is 13.7. The van der Waals surface area contributed by atoms with Gasteiger partial charge in [0.25, 0.3) is 11.8 Å². The molecule has 4 aliphatic rings. The molecule has 2 aromatic carbocycles. The molecule has 3 aliphatic heterocycles. The van der Waals surface area contributed by atoms with E-state index in [2.05, 4.69) is 21.7 Å². The molecule has 6 rings (SSSR count). The Balaban J connectivity index is 1.90. The molecular formula is C21H13N3O2. The Morgan fingerprint density at radius 2 is 1.96 bits per heavy atom. The number of carbonyl (C=O) groups excluding carboxylic acids is 2. The molecule has 0 aromatic heterocycles. The van der Waals surface area contributed by atoms with Gasteiger partial charge in [-0.25, -0.2) is 0 Å². The van der Waals surface area contributed by atoms with Crippen LogP contribution in [-0.2, 0) is 6.42 Å². The van der Waals surface area contributed by atoms with Crippen LogP contribution in [0, 0.1) is 0 Å². The summed E-state index contributed by atoms with van der Waals surface area (Å²) in [4.78, 5) is 29.6. The van der Waals surface area contributed by atoms with Gasteiger partial charge < -0.3 is 5.32 Å². The van der Waals surface area contributed by atoms with Crippen LogP contribution in [0.5, 0.6) is 0 Å². The quantitative estimate of drug-likeness (QED) is 0.708. The van der Waals surface area contributed by atoms with Crippen LogP contribution in [-0.4, -0.2) is 24.1 Å². The molecule has 1 unspecified atom stereocenters. The minimum absolute atomic E-state index is 0.0253. The molecule has 2 amide bonds. The highest BCUT2D eigenvalue weighted by molar-refractivity contribution is 6.29. The fourth-order valence-electron chi connectivity index (χ4n) is 4.47. The normalized spacial score (nSPS) is 21.1. The van der Waals surface area contributed by atoms with E-state index in [9.17, 15) is 9.59 Å². The van der Waals surface area contributed by atoms with Crippen molar-refractivity contribution in [1.29, 1.82) is 0 Å². The van der Waals surface area contributed by atoms with Crippen LogP contribution < -0.4 is 21.1 Å². The van der Waals surface area contributed by atoms with Gasteiger partial charge in [0.2, 0.25) is 0 Å². The van der Waals surface area contributed by atoms with Crippen molar-refractivity contribution in [3.05, 3.63) is 63.6 Å². The van der Waals surface area contributed by atoms with Gasteiger partial charge in [0.05, 0.1) is 22.9 Å². The van der Waals surface area contributed by atoms with E-state index in [1.807, 2.05) is 36.6 Å². The largest absolute Gasteiger partial charge is 0.374 e. The number of anilines is 1. The molecule has 1 aliphatic carbocycles. The van der Waals surface area contributed by atoms with E-state index in [0.29, 0.717) is 17.5 Å². The number of aliphatic imine (C=N–C) groups is 1. The summed E-state index contributed by atoms with van der Waals surface area (Å²) in [6.45, 7) is 0. The number of hydrogen-bond donors (Lipinski definition) is 2. The Morgan fingerprint density at radius 3 is 2.88 bits per heavy atom. The minimum atomic E-state index is -0.313. The van der Waals surface area contributed by atoms with E-state index >= 15 is 0 Å². The zero-order valence-corrected chi connectivity index (χ0v) is 13.7. The van der Waals surface area contributed by atoms with Gasteiger partial charge in [-0.3, -0.25) is 19.9 Å². The number of imide groups is 1. The first-order chi connectivity index (χ1) is 12.7. The first-order valence-electron chi connectivity index (χ1n) is 8.59. The lowest BCUT2D eigenvalue weighted by Gasteiger charge is -2.15. The molecule has 26 heavy (non-hydrogen) atoms. The van der Waals surface area contributed by atoms with Gasteiger partial charge in [-0.1, -0.05) is 36.4 Å². The van der Waals surface area contributed by atoms with Gasteiger partial charge in [0.15, 0.2) is 0 Å². The topological polar surface area (TPSA) is 70.6 Å². The smallest absolute Gasteiger partial charge is 0.259 e. The highest BCUT2D eigenvalue weighted by atomic mass is 16.2. The summed E-state index contributed by atoms with van der Waals surface area (Å²) in [6, 6.07) is 4.09. The number of rotatable bonds is 0. The lowest BCUT2D eigenvalue weighted by atomic mass is 9.89. The number of nitrogens with one attached hydrogen (secondary N) is 2. The van der Waals surface area contributed by atoms with Gasteiger partial charge in [0.1, 0.15) is 0 Å². The maximum atomic E-state index is 12.7. The van der Waals surface area contributed by atoms with Crippen LogP contribution in [0.3, 0.4) is 0 Å². The predicted octanol–water partition coefficient (Wildman–Crippen LogP) is 1.16. The summed E-state index contributed by atoms with van der Waals surface area (Å²) in [6.07, 6.45) is 12.3. The third-order valence-corrected chi connectivity index (χ3v) is 5.53. The Morgan fingerprint density at radius 1 is 1.08 bits per heavy atom. The van der Waals surface area contributed by atoms with Gasteiger partial charge in [-0.2, -0.15) is 0 Å². The van der Waals surface area contributed by atoms with Gasteiger partial charge in [0, 0.05) is 34.8 Å². The van der Waals surface area contributed by atoms with Crippen LogP contribution in [0.25, 0.3) is 22.5 Å². The lowest BCUT2D eigenvalue weighted by Crippen LogP contribution is -2.23. The molecule has 1 atom stereocenters. The lowest BCUT2D eigenvalue weighted by molar-refractivity contribution is 0.0880. The van der Waals surface area contributed by atoms with Crippen molar-refractivity contribution in [1.82, 2.24) is 5.32 Å².